The van der Waals surface area contributed by atoms with Crippen molar-refractivity contribution in [2.75, 3.05) is 23.4 Å². The first kappa shape index (κ1) is 20.2. The lowest BCUT2D eigenvalue weighted by atomic mass is 10.1. The van der Waals surface area contributed by atoms with Gasteiger partial charge in [0.25, 0.3) is 0 Å². The Hall–Kier alpha value is -3.13. The first-order valence-electron chi connectivity index (χ1n) is 9.53. The van der Waals surface area contributed by atoms with Gasteiger partial charge in [-0.05, 0) is 42.8 Å². The van der Waals surface area contributed by atoms with Crippen LogP contribution in [0.1, 0.15) is 5.56 Å². The van der Waals surface area contributed by atoms with Crippen LogP contribution in [-0.2, 0) is 0 Å². The van der Waals surface area contributed by atoms with Gasteiger partial charge in [-0.15, -0.1) is 0 Å². The van der Waals surface area contributed by atoms with Crippen molar-refractivity contribution in [3.8, 4) is 11.3 Å². The monoisotopic (exact) mass is 423 g/mol. The molecule has 0 aliphatic heterocycles. The van der Waals surface area contributed by atoms with Crippen molar-refractivity contribution in [1.82, 2.24) is 15.0 Å². The number of aromatic nitrogens is 3. The summed E-state index contributed by atoms with van der Waals surface area (Å²) in [5.41, 5.74) is 5.13. The van der Waals surface area contributed by atoms with Gasteiger partial charge < -0.3 is 25.4 Å². The number of aliphatic hydroxyl groups excluding tert-OH is 2. The van der Waals surface area contributed by atoms with Gasteiger partial charge in [-0.3, -0.25) is 0 Å². The fourth-order valence-corrected chi connectivity index (χ4v) is 3.63. The van der Waals surface area contributed by atoms with Gasteiger partial charge in [0.2, 0.25) is 6.35 Å². The van der Waals surface area contributed by atoms with Crippen molar-refractivity contribution in [3.63, 3.8) is 0 Å². The van der Waals surface area contributed by atoms with E-state index in [-0.39, 0.29) is 13.2 Å². The zero-order valence-corrected chi connectivity index (χ0v) is 17.1. The lowest BCUT2D eigenvalue weighted by Crippen LogP contribution is -2.42. The fraction of sp³-hybridized carbons (Fsp3) is 0.182. The van der Waals surface area contributed by atoms with Gasteiger partial charge in [-0.2, -0.15) is 0 Å². The molecule has 0 spiro atoms. The van der Waals surface area contributed by atoms with Crippen LogP contribution in [0.4, 0.5) is 11.4 Å². The highest BCUT2D eigenvalue weighted by molar-refractivity contribution is 6.30. The Balaban J connectivity index is 1.56. The van der Waals surface area contributed by atoms with E-state index >= 15 is 0 Å². The molecule has 4 N–H and O–H groups in total. The van der Waals surface area contributed by atoms with E-state index in [0.717, 1.165) is 33.5 Å². The van der Waals surface area contributed by atoms with Crippen molar-refractivity contribution in [1.29, 1.82) is 0 Å². The molecular weight excluding hydrogens is 402 g/mol. The molecule has 2 aromatic heterocycles. The molecule has 8 heteroatoms. The number of nitrogens with one attached hydrogen (secondary N) is 2. The minimum absolute atomic E-state index is 0.107. The number of rotatable bonds is 7. The van der Waals surface area contributed by atoms with E-state index in [9.17, 15) is 10.2 Å². The van der Waals surface area contributed by atoms with Crippen LogP contribution in [0.2, 0.25) is 5.02 Å². The molecule has 0 radical (unpaired) electrons. The van der Waals surface area contributed by atoms with Crippen molar-refractivity contribution >= 4 is 34.0 Å². The number of H-pyrrole nitrogens is 1. The first-order valence-corrected chi connectivity index (χ1v) is 9.91. The maximum atomic E-state index is 10.7. The van der Waals surface area contributed by atoms with Gasteiger partial charge >= 0.3 is 0 Å². The number of halogens is 1. The van der Waals surface area contributed by atoms with Crippen molar-refractivity contribution in [2.24, 2.45) is 0 Å². The molecule has 1 atom stereocenters. The second-order valence-electron chi connectivity index (χ2n) is 6.91. The predicted octanol–water partition coefficient (Wildman–Crippen LogP) is 3.77. The lowest BCUT2D eigenvalue weighted by Gasteiger charge is -2.30. The molecule has 0 fully saturated rings. The zero-order chi connectivity index (χ0) is 21.1. The third kappa shape index (κ3) is 4.09. The summed E-state index contributed by atoms with van der Waals surface area (Å²) in [5, 5.41) is 24.7. The Morgan fingerprint density at radius 2 is 1.97 bits per heavy atom. The van der Waals surface area contributed by atoms with E-state index in [1.54, 1.807) is 29.4 Å². The average molecular weight is 424 g/mol. The predicted molar refractivity (Wildman–Crippen MR) is 120 cm³/mol. The van der Waals surface area contributed by atoms with Crippen molar-refractivity contribution in [3.05, 3.63) is 71.6 Å². The molecule has 2 heterocycles. The molecule has 4 rings (SSSR count). The van der Waals surface area contributed by atoms with Gasteiger partial charge in [0, 0.05) is 40.1 Å². The minimum Gasteiger partial charge on any atom is -0.395 e. The summed E-state index contributed by atoms with van der Waals surface area (Å²) in [7, 11) is 0. The van der Waals surface area contributed by atoms with Crippen LogP contribution in [0, 0.1) is 6.92 Å². The van der Waals surface area contributed by atoms with Crippen LogP contribution >= 0.6 is 11.6 Å². The van der Waals surface area contributed by atoms with Gasteiger partial charge in [-0.1, -0.05) is 29.8 Å². The Bertz CT molecular complexity index is 1150. The van der Waals surface area contributed by atoms with Crippen LogP contribution < -0.4 is 10.2 Å². The Labute approximate surface area is 179 Å². The average Bonchev–Trinajstić information content (AvgIpc) is 3.13. The van der Waals surface area contributed by atoms with E-state index in [4.69, 9.17) is 11.6 Å². The van der Waals surface area contributed by atoms with Gasteiger partial charge in [-0.25, -0.2) is 9.97 Å². The van der Waals surface area contributed by atoms with E-state index < -0.39 is 6.35 Å². The maximum absolute atomic E-state index is 10.7. The van der Waals surface area contributed by atoms with Gasteiger partial charge in [0.05, 0.1) is 12.3 Å². The van der Waals surface area contributed by atoms with Crippen LogP contribution in [0.25, 0.3) is 22.3 Å². The summed E-state index contributed by atoms with van der Waals surface area (Å²) in [6.07, 6.45) is 2.42. The second-order valence-corrected chi connectivity index (χ2v) is 7.35. The third-order valence-corrected chi connectivity index (χ3v) is 5.13. The summed E-state index contributed by atoms with van der Waals surface area (Å²) in [5.74, 6) is 0. The van der Waals surface area contributed by atoms with E-state index in [2.05, 4.69) is 20.3 Å². The minimum atomic E-state index is -1.04. The van der Waals surface area contributed by atoms with Gasteiger partial charge in [0.15, 0.2) is 0 Å². The van der Waals surface area contributed by atoms with Crippen LogP contribution in [-0.4, -0.2) is 44.7 Å². The second kappa shape index (κ2) is 8.71. The molecule has 0 saturated heterocycles. The number of nitrogens with zero attached hydrogens (tertiary/aromatic N) is 3. The number of aromatic amines is 1. The summed E-state index contributed by atoms with van der Waals surface area (Å²) >= 11 is 6.07. The largest absolute Gasteiger partial charge is 0.395 e. The summed E-state index contributed by atoms with van der Waals surface area (Å²) in [6.45, 7) is 2.16. The molecule has 154 valence electrons. The number of fused-ring (bicyclic) bond motifs is 1. The number of hydrogen-bond donors (Lipinski definition) is 4. The molecule has 7 nitrogen and oxygen atoms in total. The van der Waals surface area contributed by atoms with Crippen LogP contribution in [0.15, 0.2) is 61.1 Å². The third-order valence-electron chi connectivity index (χ3n) is 4.90. The summed E-state index contributed by atoms with van der Waals surface area (Å²) in [4.78, 5) is 13.5. The number of anilines is 2. The molecule has 0 aliphatic rings. The summed E-state index contributed by atoms with van der Waals surface area (Å²) in [6, 6.07) is 14.8. The fourth-order valence-electron chi connectivity index (χ4n) is 3.44. The zero-order valence-electron chi connectivity index (χ0n) is 16.4. The first-order chi connectivity index (χ1) is 14.6. The molecule has 4 aromatic rings. The quantitative estimate of drug-likeness (QED) is 0.338. The molecule has 0 saturated carbocycles. The van der Waals surface area contributed by atoms with Crippen molar-refractivity contribution in [2.45, 2.75) is 13.3 Å². The van der Waals surface area contributed by atoms with Crippen molar-refractivity contribution < 1.29 is 10.2 Å². The Morgan fingerprint density at radius 3 is 2.70 bits per heavy atom. The molecule has 2 aromatic carbocycles. The molecule has 0 bridgehead atoms. The Morgan fingerprint density at radius 1 is 1.17 bits per heavy atom. The molecule has 30 heavy (non-hydrogen) atoms. The maximum Gasteiger partial charge on any atom is 0.205 e. The molecular formula is C22H22ClN5O2. The smallest absolute Gasteiger partial charge is 0.205 e. The van der Waals surface area contributed by atoms with Crippen LogP contribution in [0.5, 0.6) is 0 Å². The molecule has 0 amide bonds. The standard InChI is InChI=1S/C22H22ClN5O2/c1-14-12-24-21-19(14)20(25-13-26-21)15-5-7-17(8-6-15)27-22(30)28(9-10-29)18-4-2-3-16(23)11-18/h2-8,11-13,22,27,29-30H,9-10H2,1H3,(H,24,25,26). The van der Waals surface area contributed by atoms with E-state index in [0.29, 0.717) is 10.7 Å². The topological polar surface area (TPSA) is 97.3 Å². The number of aryl methyl sites for hydroxylation is 1. The summed E-state index contributed by atoms with van der Waals surface area (Å²) < 4.78 is 0. The van der Waals surface area contributed by atoms with Gasteiger partial charge in [0.1, 0.15) is 12.0 Å². The molecule has 1 unspecified atom stereocenters. The number of aliphatic hydroxyl groups is 2. The normalized spacial score (nSPS) is 12.1. The van der Waals surface area contributed by atoms with Crippen LogP contribution in [0.3, 0.4) is 0 Å². The highest BCUT2D eigenvalue weighted by atomic mass is 35.5. The Kier molecular flexibility index (Phi) is 5.85. The highest BCUT2D eigenvalue weighted by Crippen LogP contribution is 2.29. The molecule has 0 aliphatic carbocycles. The van der Waals surface area contributed by atoms with E-state index in [1.165, 1.54) is 0 Å². The number of benzene rings is 2. The highest BCUT2D eigenvalue weighted by Gasteiger charge is 2.17. The number of hydrogen-bond acceptors (Lipinski definition) is 6. The lowest BCUT2D eigenvalue weighted by molar-refractivity contribution is 0.185. The van der Waals surface area contributed by atoms with E-state index in [1.807, 2.05) is 43.5 Å². The SMILES string of the molecule is Cc1c[nH]c2ncnc(-c3ccc(NC(O)N(CCO)c4cccc(Cl)c4)cc3)c12.